The molecule has 9 nitrogen and oxygen atoms in total. The molecule has 3 fully saturated rings. The fourth-order valence-corrected chi connectivity index (χ4v) is 8.02. The zero-order chi connectivity index (χ0) is 28.7. The molecule has 0 N–H and O–H groups in total. The van der Waals surface area contributed by atoms with E-state index < -0.39 is 40.1 Å². The first-order valence-corrected chi connectivity index (χ1v) is 15.1. The number of alkyl halides is 3. The van der Waals surface area contributed by atoms with E-state index in [2.05, 4.69) is 0 Å². The normalized spacial score (nSPS) is 26.9. The van der Waals surface area contributed by atoms with Gasteiger partial charge >= 0.3 is 12.2 Å². The molecular weight excluding hydrogens is 535 g/mol. The van der Waals surface area contributed by atoms with Crippen LogP contribution < -0.4 is 4.90 Å². The molecular formula is C26H39F3N5O4S+. The third-order valence-electron chi connectivity index (χ3n) is 8.75. The number of amides is 1. The Morgan fingerprint density at radius 3 is 2.08 bits per heavy atom. The van der Waals surface area contributed by atoms with Crippen molar-refractivity contribution < 1.29 is 31.3 Å². The number of hydrogen-bond acceptors (Lipinski definition) is 5. The van der Waals surface area contributed by atoms with Gasteiger partial charge < -0.3 is 9.80 Å². The van der Waals surface area contributed by atoms with Crippen molar-refractivity contribution in [3.63, 3.8) is 0 Å². The fourth-order valence-electron chi connectivity index (χ4n) is 6.55. The van der Waals surface area contributed by atoms with E-state index in [4.69, 9.17) is 0 Å². The molecule has 1 aromatic rings. The van der Waals surface area contributed by atoms with Gasteiger partial charge in [0, 0.05) is 46.0 Å². The predicted molar refractivity (Wildman–Crippen MR) is 140 cm³/mol. The topological polar surface area (TPSA) is 84.2 Å². The second-order valence-corrected chi connectivity index (χ2v) is 12.9. The lowest BCUT2D eigenvalue weighted by Gasteiger charge is -2.40. The number of carbonyl (C=O) groups is 1. The summed E-state index contributed by atoms with van der Waals surface area (Å²) in [5.74, 6) is -1.97. The van der Waals surface area contributed by atoms with Gasteiger partial charge in [-0.3, -0.25) is 4.79 Å². The van der Waals surface area contributed by atoms with Gasteiger partial charge in [0.15, 0.2) is 0 Å². The lowest BCUT2D eigenvalue weighted by molar-refractivity contribution is -0.735. The third kappa shape index (κ3) is 5.61. The number of nitrogens with zero attached hydrogens (tertiary/aromatic N) is 5. The number of rotatable bonds is 7. The fraction of sp³-hybridized carbons (Fsp3) is 0.731. The Morgan fingerprint density at radius 2 is 1.56 bits per heavy atom. The molecule has 3 aliphatic rings. The maximum absolute atomic E-state index is 14.0. The molecule has 4 atom stereocenters. The molecule has 0 bridgehead atoms. The molecule has 4 unspecified atom stereocenters. The summed E-state index contributed by atoms with van der Waals surface area (Å²) in [5.41, 5.74) is 0.896. The summed E-state index contributed by atoms with van der Waals surface area (Å²) >= 11 is 0. The quantitative estimate of drug-likeness (QED) is 0.465. The predicted octanol–water partition coefficient (Wildman–Crippen LogP) is 3.36. The number of fused-ring (bicyclic) bond motifs is 1. The number of hydrazine groups is 1. The van der Waals surface area contributed by atoms with E-state index in [9.17, 15) is 31.3 Å². The standard InChI is InChI=1S/C26H39F3N5O4S/c1-5-31(6-2)25(35)23-22-17-19(13-16-33(22)34(36)24(23)26(27,28)29)18-11-14-32(15-12-18)39(37,38)21-9-7-20(8-10-21)30(3)4/h7-10,18-19,22-24H,5-6,11-17H2,1-4H3/q+1. The molecule has 3 heterocycles. The number of hydrogen-bond donors (Lipinski definition) is 0. The molecule has 1 amide bonds. The molecule has 0 aromatic heterocycles. The van der Waals surface area contributed by atoms with Crippen LogP contribution in [0.25, 0.3) is 0 Å². The Bertz CT molecular complexity index is 1150. The first-order chi connectivity index (χ1) is 18.3. The Morgan fingerprint density at radius 1 is 1.00 bits per heavy atom. The number of sulfonamides is 1. The first-order valence-electron chi connectivity index (χ1n) is 13.7. The van der Waals surface area contributed by atoms with Crippen LogP contribution in [0, 0.1) is 22.7 Å². The highest BCUT2D eigenvalue weighted by molar-refractivity contribution is 7.89. The van der Waals surface area contributed by atoms with Gasteiger partial charge in [-0.25, -0.2) is 8.42 Å². The van der Waals surface area contributed by atoms with Crippen LogP contribution in [0.1, 0.15) is 39.5 Å². The van der Waals surface area contributed by atoms with Crippen LogP contribution >= 0.6 is 0 Å². The van der Waals surface area contributed by atoms with Crippen molar-refractivity contribution in [1.82, 2.24) is 14.2 Å². The van der Waals surface area contributed by atoms with Gasteiger partial charge in [-0.15, -0.1) is 5.01 Å². The maximum atomic E-state index is 14.0. The van der Waals surface area contributed by atoms with E-state index >= 15 is 0 Å². The molecule has 218 valence electrons. The number of anilines is 1. The number of nitroso groups, excluding NO2 is 1. The highest BCUT2D eigenvalue weighted by Gasteiger charge is 2.71. The lowest BCUT2D eigenvalue weighted by atomic mass is 9.74. The molecule has 39 heavy (non-hydrogen) atoms. The molecule has 13 heteroatoms. The van der Waals surface area contributed by atoms with Gasteiger partial charge in [0.05, 0.1) is 16.3 Å². The van der Waals surface area contributed by atoms with Crippen LogP contribution in [0.5, 0.6) is 0 Å². The molecule has 0 aliphatic carbocycles. The van der Waals surface area contributed by atoms with E-state index in [0.29, 0.717) is 38.8 Å². The van der Waals surface area contributed by atoms with Crippen molar-refractivity contribution in [2.24, 2.45) is 17.8 Å². The number of piperidine rings is 2. The largest absolute Gasteiger partial charge is 0.460 e. The van der Waals surface area contributed by atoms with Gasteiger partial charge in [-0.05, 0) is 75.6 Å². The summed E-state index contributed by atoms with van der Waals surface area (Å²) in [4.78, 5) is 29.6. The lowest BCUT2D eigenvalue weighted by Crippen LogP contribution is -2.50. The van der Waals surface area contributed by atoms with Crippen LogP contribution in [-0.4, -0.2) is 98.5 Å². The Hall–Kier alpha value is -2.41. The first kappa shape index (κ1) is 29.6. The Labute approximate surface area is 228 Å². The van der Waals surface area contributed by atoms with Crippen molar-refractivity contribution >= 4 is 21.6 Å². The summed E-state index contributed by atoms with van der Waals surface area (Å²) in [6.07, 6.45) is -2.80. The zero-order valence-electron chi connectivity index (χ0n) is 23.0. The number of benzene rings is 1. The summed E-state index contributed by atoms with van der Waals surface area (Å²) in [5, 5.41) is 1.21. The summed E-state index contributed by atoms with van der Waals surface area (Å²) in [6, 6.07) is 3.52. The smallest absolute Gasteiger partial charge is 0.378 e. The molecule has 0 saturated carbocycles. The van der Waals surface area contributed by atoms with Gasteiger partial charge in [-0.1, -0.05) is 0 Å². The van der Waals surface area contributed by atoms with Crippen LogP contribution in [0.4, 0.5) is 18.9 Å². The van der Waals surface area contributed by atoms with Crippen molar-refractivity contribution in [3.05, 3.63) is 29.2 Å². The number of carbonyl (C=O) groups excluding carboxylic acids is 1. The van der Waals surface area contributed by atoms with Gasteiger partial charge in [0.25, 0.3) is 0 Å². The summed E-state index contributed by atoms with van der Waals surface area (Å²) in [7, 11) is 0.102. The zero-order valence-corrected chi connectivity index (χ0v) is 23.8. The van der Waals surface area contributed by atoms with Crippen molar-refractivity contribution in [2.75, 3.05) is 51.7 Å². The molecule has 3 aliphatic heterocycles. The second-order valence-electron chi connectivity index (χ2n) is 11.0. The molecule has 0 radical (unpaired) electrons. The van der Waals surface area contributed by atoms with Gasteiger partial charge in [0.1, 0.15) is 16.8 Å². The van der Waals surface area contributed by atoms with Crippen LogP contribution in [0.2, 0.25) is 0 Å². The molecule has 1 aromatic carbocycles. The van der Waals surface area contributed by atoms with Crippen molar-refractivity contribution in [1.29, 1.82) is 0 Å². The summed E-state index contributed by atoms with van der Waals surface area (Å²) < 4.78 is 70.0. The van der Waals surface area contributed by atoms with Crippen molar-refractivity contribution in [2.45, 2.75) is 62.7 Å². The van der Waals surface area contributed by atoms with E-state index in [0.717, 1.165) is 5.69 Å². The monoisotopic (exact) mass is 574 g/mol. The highest BCUT2D eigenvalue weighted by Crippen LogP contribution is 2.46. The average molecular weight is 575 g/mol. The molecule has 4 rings (SSSR count). The van der Waals surface area contributed by atoms with E-state index in [1.54, 1.807) is 38.1 Å². The van der Waals surface area contributed by atoms with Crippen LogP contribution in [0.3, 0.4) is 0 Å². The maximum Gasteiger partial charge on any atom is 0.460 e. The Balaban J connectivity index is 1.47. The minimum atomic E-state index is -4.83. The van der Waals surface area contributed by atoms with Crippen molar-refractivity contribution in [3.8, 4) is 0 Å². The third-order valence-corrected chi connectivity index (χ3v) is 10.7. The highest BCUT2D eigenvalue weighted by atomic mass is 32.2. The Kier molecular flexibility index (Phi) is 8.51. The molecule has 0 spiro atoms. The number of halogens is 3. The van der Waals surface area contributed by atoms with E-state index in [-0.39, 0.29) is 41.2 Å². The van der Waals surface area contributed by atoms with Crippen LogP contribution in [0.15, 0.2) is 29.2 Å². The van der Waals surface area contributed by atoms with Crippen LogP contribution in [-0.2, 0) is 14.8 Å². The van der Waals surface area contributed by atoms with E-state index in [1.165, 1.54) is 14.2 Å². The SMILES string of the molecule is CCN(CC)C(=O)C1C2CC(C3CCN(S(=O)(=O)c4ccc(N(C)C)cc4)CC3)CCN2[N+](=O)C1C(F)(F)F. The second kappa shape index (κ2) is 11.2. The van der Waals surface area contributed by atoms with E-state index in [1.807, 2.05) is 19.0 Å². The minimum Gasteiger partial charge on any atom is -0.378 e. The summed E-state index contributed by atoms with van der Waals surface area (Å²) in [6.45, 7) is 4.79. The molecule has 3 saturated heterocycles. The van der Waals surface area contributed by atoms with Gasteiger partial charge in [0.2, 0.25) is 15.9 Å². The van der Waals surface area contributed by atoms with Gasteiger partial charge in [-0.2, -0.15) is 17.5 Å². The average Bonchev–Trinajstić information content (AvgIpc) is 3.21. The minimum absolute atomic E-state index is 0.00368.